The Morgan fingerprint density at radius 1 is 0.456 bits per heavy atom. The number of rotatable bonds is 5. The van der Waals surface area contributed by atoms with Crippen LogP contribution >= 0.6 is 0 Å². The number of para-hydroxylation sites is 2. The molecule has 57 heavy (non-hydrogen) atoms. The highest BCUT2D eigenvalue weighted by Gasteiger charge is 2.31. The summed E-state index contributed by atoms with van der Waals surface area (Å²) in [5, 5.41) is 15.4. The molecule has 0 saturated heterocycles. The molecule has 10 aromatic rings. The first-order chi connectivity index (χ1) is 27.8. The summed E-state index contributed by atoms with van der Waals surface area (Å²) in [6.07, 6.45) is -4.54. The van der Waals surface area contributed by atoms with E-state index in [1.165, 1.54) is 12.1 Å². The van der Waals surface area contributed by atoms with E-state index in [0.717, 1.165) is 65.9 Å². The summed E-state index contributed by atoms with van der Waals surface area (Å²) >= 11 is 0. The Labute approximate surface area is 326 Å². The van der Waals surface area contributed by atoms with Crippen LogP contribution in [0.3, 0.4) is 0 Å². The molecule has 0 fully saturated rings. The second-order valence-electron chi connectivity index (χ2n) is 14.4. The standard InChI is InChI=1S/C51H32F3N3/c1-32-26-35(28-37(27-32)51(52,53)54)36-29-47(56-43-22-10-8-18-40(43)49-38(20-12-24-45(49)56)33-14-4-2-5-15-33)42(31-55)48(30-36)57-44-23-11-9-19-41(44)50-39(21-13-25-46(50)57)34-16-6-3-7-17-34/h2-30H,1H3. The van der Waals surface area contributed by atoms with Crippen molar-refractivity contribution in [2.75, 3.05) is 0 Å². The molecule has 0 bridgehead atoms. The fourth-order valence-electron chi connectivity index (χ4n) is 8.63. The maximum Gasteiger partial charge on any atom is 0.416 e. The van der Waals surface area contributed by atoms with Crippen LogP contribution in [0.15, 0.2) is 176 Å². The van der Waals surface area contributed by atoms with Crippen molar-refractivity contribution in [1.29, 1.82) is 5.26 Å². The van der Waals surface area contributed by atoms with Gasteiger partial charge in [0.1, 0.15) is 11.6 Å². The van der Waals surface area contributed by atoms with Crippen LogP contribution in [0.25, 0.3) is 88.4 Å². The van der Waals surface area contributed by atoms with E-state index in [1.807, 2.05) is 97.1 Å². The summed E-state index contributed by atoms with van der Waals surface area (Å²) < 4.78 is 47.4. The zero-order valence-corrected chi connectivity index (χ0v) is 30.7. The van der Waals surface area contributed by atoms with Gasteiger partial charge in [-0.05, 0) is 94.4 Å². The van der Waals surface area contributed by atoms with Gasteiger partial charge in [-0.1, -0.05) is 127 Å². The van der Waals surface area contributed by atoms with Crippen molar-refractivity contribution < 1.29 is 13.2 Å². The normalized spacial score (nSPS) is 11.8. The number of halogens is 3. The predicted molar refractivity (Wildman–Crippen MR) is 226 cm³/mol. The number of nitrogens with zero attached hydrogens (tertiary/aromatic N) is 3. The molecule has 2 aromatic heterocycles. The first-order valence-corrected chi connectivity index (χ1v) is 18.7. The highest BCUT2D eigenvalue weighted by Crippen LogP contribution is 2.44. The highest BCUT2D eigenvalue weighted by atomic mass is 19.4. The maximum atomic E-state index is 14.4. The van der Waals surface area contributed by atoms with Crippen molar-refractivity contribution in [3.8, 4) is 50.8 Å². The molecule has 0 atom stereocenters. The van der Waals surface area contributed by atoms with E-state index in [4.69, 9.17) is 0 Å². The smallest absolute Gasteiger partial charge is 0.308 e. The summed E-state index contributed by atoms with van der Waals surface area (Å²) in [5.74, 6) is 0. The van der Waals surface area contributed by atoms with E-state index >= 15 is 0 Å². The highest BCUT2D eigenvalue weighted by molar-refractivity contribution is 6.17. The summed E-state index contributed by atoms with van der Waals surface area (Å²) in [6.45, 7) is 1.68. The van der Waals surface area contributed by atoms with Crippen LogP contribution in [-0.4, -0.2) is 9.13 Å². The lowest BCUT2D eigenvalue weighted by Gasteiger charge is -2.19. The number of nitriles is 1. The van der Waals surface area contributed by atoms with Crippen molar-refractivity contribution in [3.05, 3.63) is 193 Å². The number of hydrogen-bond donors (Lipinski definition) is 0. The molecule has 0 amide bonds. The van der Waals surface area contributed by atoms with Crippen LogP contribution in [0.5, 0.6) is 0 Å². The van der Waals surface area contributed by atoms with Crippen LogP contribution in [0.4, 0.5) is 13.2 Å². The Balaban J connectivity index is 1.37. The third kappa shape index (κ3) is 5.50. The lowest BCUT2D eigenvalue weighted by molar-refractivity contribution is -0.137. The molecule has 0 aliphatic heterocycles. The van der Waals surface area contributed by atoms with Crippen molar-refractivity contribution in [1.82, 2.24) is 9.13 Å². The average molecular weight is 744 g/mol. The zero-order valence-electron chi connectivity index (χ0n) is 30.7. The van der Waals surface area contributed by atoms with Gasteiger partial charge in [0.15, 0.2) is 0 Å². The van der Waals surface area contributed by atoms with E-state index in [-0.39, 0.29) is 0 Å². The Kier molecular flexibility index (Phi) is 7.88. The minimum Gasteiger partial charge on any atom is -0.308 e. The summed E-state index contributed by atoms with van der Waals surface area (Å²) in [7, 11) is 0. The summed E-state index contributed by atoms with van der Waals surface area (Å²) in [6, 6.07) is 59.5. The fraction of sp³-hybridized carbons (Fsp3) is 0.0392. The quantitative estimate of drug-likeness (QED) is 0.173. The first-order valence-electron chi connectivity index (χ1n) is 18.7. The van der Waals surface area contributed by atoms with E-state index in [1.54, 1.807) is 13.0 Å². The number of fused-ring (bicyclic) bond motifs is 6. The van der Waals surface area contributed by atoms with Crippen molar-refractivity contribution in [2.45, 2.75) is 13.1 Å². The molecule has 6 heteroatoms. The fourth-order valence-corrected chi connectivity index (χ4v) is 8.63. The SMILES string of the molecule is Cc1cc(-c2cc(-n3c4ccccc4c4c(-c5ccccc5)cccc43)c(C#N)c(-n3c4ccccc4c4c(-c5ccccc5)cccc43)c2)cc(C(F)(F)F)c1. The molecular weight excluding hydrogens is 712 g/mol. The molecule has 10 rings (SSSR count). The van der Waals surface area contributed by atoms with Gasteiger partial charge in [-0.3, -0.25) is 0 Å². The molecule has 272 valence electrons. The number of benzene rings is 8. The zero-order chi connectivity index (χ0) is 38.8. The molecule has 2 heterocycles. The van der Waals surface area contributed by atoms with Gasteiger partial charge >= 0.3 is 6.18 Å². The van der Waals surface area contributed by atoms with Gasteiger partial charge in [-0.25, -0.2) is 0 Å². The van der Waals surface area contributed by atoms with Crippen molar-refractivity contribution in [3.63, 3.8) is 0 Å². The third-order valence-electron chi connectivity index (χ3n) is 11.0. The Hall–Kier alpha value is -7.36. The summed E-state index contributed by atoms with van der Waals surface area (Å²) in [5.41, 5.74) is 9.98. The van der Waals surface area contributed by atoms with Gasteiger partial charge in [0.2, 0.25) is 0 Å². The molecule has 0 radical (unpaired) electrons. The lowest BCUT2D eigenvalue weighted by Crippen LogP contribution is -2.07. The third-order valence-corrected chi connectivity index (χ3v) is 11.0. The van der Waals surface area contributed by atoms with Crippen molar-refractivity contribution >= 4 is 43.6 Å². The van der Waals surface area contributed by atoms with Gasteiger partial charge in [-0.2, -0.15) is 18.4 Å². The molecule has 3 nitrogen and oxygen atoms in total. The molecule has 8 aromatic carbocycles. The van der Waals surface area contributed by atoms with Crippen LogP contribution in [0, 0.1) is 18.3 Å². The van der Waals surface area contributed by atoms with Gasteiger partial charge in [0.25, 0.3) is 0 Å². The molecular formula is C51H32F3N3. The lowest BCUT2D eigenvalue weighted by atomic mass is 9.96. The maximum absolute atomic E-state index is 14.4. The van der Waals surface area contributed by atoms with Crippen molar-refractivity contribution in [2.24, 2.45) is 0 Å². The van der Waals surface area contributed by atoms with Gasteiger partial charge in [-0.15, -0.1) is 0 Å². The number of aromatic nitrogens is 2. The minimum absolute atomic E-state index is 0.392. The average Bonchev–Trinajstić information content (AvgIpc) is 3.76. The minimum atomic E-state index is -4.54. The van der Waals surface area contributed by atoms with E-state index < -0.39 is 11.7 Å². The van der Waals surface area contributed by atoms with Crippen LogP contribution in [0.2, 0.25) is 0 Å². The largest absolute Gasteiger partial charge is 0.416 e. The van der Waals surface area contributed by atoms with Gasteiger partial charge in [0, 0.05) is 21.5 Å². The Morgan fingerprint density at radius 2 is 0.895 bits per heavy atom. The number of hydrogen-bond acceptors (Lipinski definition) is 1. The number of aryl methyl sites for hydroxylation is 1. The number of alkyl halides is 3. The monoisotopic (exact) mass is 743 g/mol. The second kappa shape index (κ2) is 13.1. The van der Waals surface area contributed by atoms with E-state index in [2.05, 4.69) is 75.9 Å². The van der Waals surface area contributed by atoms with Crippen LogP contribution in [-0.2, 0) is 6.18 Å². The van der Waals surface area contributed by atoms with Gasteiger partial charge in [0.05, 0.1) is 39.0 Å². The van der Waals surface area contributed by atoms with Crippen LogP contribution in [0.1, 0.15) is 16.7 Å². The first kappa shape index (κ1) is 34.2. The second-order valence-corrected chi connectivity index (χ2v) is 14.4. The van der Waals surface area contributed by atoms with E-state index in [9.17, 15) is 18.4 Å². The topological polar surface area (TPSA) is 33.6 Å². The molecule has 0 saturated carbocycles. The van der Waals surface area contributed by atoms with E-state index in [0.29, 0.717) is 33.6 Å². The Morgan fingerprint density at radius 3 is 1.37 bits per heavy atom. The van der Waals surface area contributed by atoms with Gasteiger partial charge < -0.3 is 9.13 Å². The predicted octanol–water partition coefficient (Wildman–Crippen LogP) is 14.1. The molecule has 0 unspecified atom stereocenters. The summed E-state index contributed by atoms with van der Waals surface area (Å²) in [4.78, 5) is 0. The molecule has 0 aliphatic carbocycles. The van der Waals surface area contributed by atoms with Crippen LogP contribution < -0.4 is 0 Å². The molecule has 0 spiro atoms. The molecule has 0 aliphatic rings. The Bertz CT molecular complexity index is 3060. The molecule has 0 N–H and O–H groups in total.